The summed E-state index contributed by atoms with van der Waals surface area (Å²) >= 11 is 12.1. The van der Waals surface area contributed by atoms with Crippen molar-refractivity contribution in [1.29, 1.82) is 0 Å². The summed E-state index contributed by atoms with van der Waals surface area (Å²) in [5.74, 6) is 0.524. The van der Waals surface area contributed by atoms with Gasteiger partial charge in [-0.15, -0.1) is 0 Å². The largest absolute Gasteiger partial charge is 0.496 e. The van der Waals surface area contributed by atoms with Gasteiger partial charge >= 0.3 is 0 Å². The van der Waals surface area contributed by atoms with Crippen LogP contribution in [-0.4, -0.2) is 50.1 Å². The third kappa shape index (κ3) is 4.77. The zero-order valence-corrected chi connectivity index (χ0v) is 17.7. The summed E-state index contributed by atoms with van der Waals surface area (Å²) in [6.45, 7) is 1.02. The molecule has 6 nitrogen and oxygen atoms in total. The maximum atomic E-state index is 13.0. The van der Waals surface area contributed by atoms with Gasteiger partial charge in [-0.3, -0.25) is 9.59 Å². The molecule has 1 heterocycles. The fraction of sp³-hybridized carbons (Fsp3) is 0.333. The Bertz CT molecular complexity index is 889. The number of hydrogen-bond donors (Lipinski definition) is 1. The molecule has 2 amide bonds. The molecule has 3 rings (SSSR count). The topological polar surface area (TPSA) is 67.9 Å². The highest BCUT2D eigenvalue weighted by molar-refractivity contribution is 6.35. The van der Waals surface area contributed by atoms with Gasteiger partial charge in [0.1, 0.15) is 17.1 Å². The molecule has 8 heteroatoms. The van der Waals surface area contributed by atoms with Crippen molar-refractivity contribution in [1.82, 2.24) is 10.2 Å². The van der Waals surface area contributed by atoms with E-state index in [9.17, 15) is 9.59 Å². The SMILES string of the molecule is COc1cccc(OC)c1C(=O)N1CCC(NC(=O)c2cc(Cl)ccc2Cl)CC1. The van der Waals surface area contributed by atoms with Gasteiger partial charge in [0.2, 0.25) is 0 Å². The quantitative estimate of drug-likeness (QED) is 0.767. The lowest BCUT2D eigenvalue weighted by Crippen LogP contribution is -2.46. The zero-order valence-electron chi connectivity index (χ0n) is 16.2. The molecule has 1 fully saturated rings. The van der Waals surface area contributed by atoms with Crippen LogP contribution in [0.3, 0.4) is 0 Å². The molecule has 1 N–H and O–H groups in total. The van der Waals surface area contributed by atoms with Crippen molar-refractivity contribution >= 4 is 35.0 Å². The smallest absolute Gasteiger partial charge is 0.261 e. The van der Waals surface area contributed by atoms with E-state index in [0.29, 0.717) is 58.6 Å². The molecule has 2 aromatic carbocycles. The predicted octanol–water partition coefficient (Wildman–Crippen LogP) is 4.05. The monoisotopic (exact) mass is 436 g/mol. The molecule has 0 saturated carbocycles. The van der Waals surface area contributed by atoms with Crippen LogP contribution in [0, 0.1) is 0 Å². The first-order valence-electron chi connectivity index (χ1n) is 9.20. The van der Waals surface area contributed by atoms with Crippen molar-refractivity contribution in [2.24, 2.45) is 0 Å². The van der Waals surface area contributed by atoms with Crippen LogP contribution in [0.1, 0.15) is 33.6 Å². The van der Waals surface area contributed by atoms with Crippen LogP contribution >= 0.6 is 23.2 Å². The van der Waals surface area contributed by atoms with Crippen molar-refractivity contribution in [3.63, 3.8) is 0 Å². The zero-order chi connectivity index (χ0) is 21.0. The second-order valence-corrected chi connectivity index (χ2v) is 7.55. The summed E-state index contributed by atoms with van der Waals surface area (Å²) < 4.78 is 10.7. The minimum Gasteiger partial charge on any atom is -0.496 e. The van der Waals surface area contributed by atoms with E-state index in [0.717, 1.165) is 0 Å². The molecule has 0 unspecified atom stereocenters. The molecule has 29 heavy (non-hydrogen) atoms. The van der Waals surface area contributed by atoms with Crippen molar-refractivity contribution in [2.75, 3.05) is 27.3 Å². The van der Waals surface area contributed by atoms with Gasteiger partial charge in [-0.25, -0.2) is 0 Å². The Labute approximate surface area is 179 Å². The maximum absolute atomic E-state index is 13.0. The summed E-state index contributed by atoms with van der Waals surface area (Å²) in [6.07, 6.45) is 1.26. The molecule has 0 bridgehead atoms. The molecule has 1 saturated heterocycles. The summed E-state index contributed by atoms with van der Waals surface area (Å²) in [7, 11) is 3.04. The third-order valence-corrected chi connectivity index (χ3v) is 5.50. The molecule has 0 aliphatic carbocycles. The Hall–Kier alpha value is -2.44. The van der Waals surface area contributed by atoms with Crippen molar-refractivity contribution in [3.8, 4) is 11.5 Å². The van der Waals surface area contributed by atoms with Crippen LogP contribution in [0.2, 0.25) is 10.0 Å². The van der Waals surface area contributed by atoms with Gasteiger partial charge in [0.25, 0.3) is 11.8 Å². The first-order valence-corrected chi connectivity index (χ1v) is 9.96. The lowest BCUT2D eigenvalue weighted by Gasteiger charge is -2.33. The highest BCUT2D eigenvalue weighted by Crippen LogP contribution is 2.30. The standard InChI is InChI=1S/C21H22Cl2N2O4/c1-28-17-4-3-5-18(29-2)19(17)21(27)25-10-8-14(9-11-25)24-20(26)15-12-13(22)6-7-16(15)23/h3-7,12,14H,8-11H2,1-2H3,(H,24,26). The second-order valence-electron chi connectivity index (χ2n) is 6.70. The maximum Gasteiger partial charge on any atom is 0.261 e. The van der Waals surface area contributed by atoms with Gasteiger partial charge in [-0.05, 0) is 43.2 Å². The van der Waals surface area contributed by atoms with Crippen LogP contribution in [0.5, 0.6) is 11.5 Å². The number of carbonyl (C=O) groups excluding carboxylic acids is 2. The van der Waals surface area contributed by atoms with E-state index in [2.05, 4.69) is 5.32 Å². The van der Waals surface area contributed by atoms with Crippen LogP contribution in [-0.2, 0) is 0 Å². The predicted molar refractivity (Wildman–Crippen MR) is 112 cm³/mol. The van der Waals surface area contributed by atoms with Crippen LogP contribution in [0.4, 0.5) is 0 Å². The molecule has 154 valence electrons. The molecular weight excluding hydrogens is 415 g/mol. The molecule has 0 radical (unpaired) electrons. The van der Waals surface area contributed by atoms with Crippen LogP contribution < -0.4 is 14.8 Å². The number of nitrogens with zero attached hydrogens (tertiary/aromatic N) is 1. The van der Waals surface area contributed by atoms with Crippen molar-refractivity contribution in [3.05, 3.63) is 57.6 Å². The van der Waals surface area contributed by atoms with E-state index in [1.165, 1.54) is 14.2 Å². The number of likely N-dealkylation sites (tertiary alicyclic amines) is 1. The van der Waals surface area contributed by atoms with E-state index in [1.807, 2.05) is 0 Å². The molecule has 2 aromatic rings. The number of nitrogens with one attached hydrogen (secondary N) is 1. The Kier molecular flexibility index (Phi) is 6.87. The highest BCUT2D eigenvalue weighted by atomic mass is 35.5. The number of methoxy groups -OCH3 is 2. The van der Waals surface area contributed by atoms with Gasteiger partial charge in [0.05, 0.1) is 24.8 Å². The number of rotatable bonds is 5. The van der Waals surface area contributed by atoms with Crippen LogP contribution in [0.25, 0.3) is 0 Å². The summed E-state index contributed by atoms with van der Waals surface area (Å²) in [5.41, 5.74) is 0.752. The lowest BCUT2D eigenvalue weighted by atomic mass is 10.0. The molecule has 1 aliphatic heterocycles. The van der Waals surface area contributed by atoms with E-state index < -0.39 is 0 Å². The normalized spacial score (nSPS) is 14.4. The molecule has 0 aromatic heterocycles. The number of carbonyl (C=O) groups is 2. The van der Waals surface area contributed by atoms with Gasteiger partial charge in [-0.2, -0.15) is 0 Å². The minimum atomic E-state index is -0.270. The number of ether oxygens (including phenoxy) is 2. The molecule has 0 spiro atoms. The molecule has 1 aliphatic rings. The highest BCUT2D eigenvalue weighted by Gasteiger charge is 2.28. The second kappa shape index (κ2) is 9.37. The third-order valence-electron chi connectivity index (χ3n) is 4.93. The van der Waals surface area contributed by atoms with Crippen LogP contribution in [0.15, 0.2) is 36.4 Å². The number of hydrogen-bond acceptors (Lipinski definition) is 4. The fourth-order valence-electron chi connectivity index (χ4n) is 3.38. The van der Waals surface area contributed by atoms with Crippen molar-refractivity contribution in [2.45, 2.75) is 18.9 Å². The van der Waals surface area contributed by atoms with Gasteiger partial charge in [-0.1, -0.05) is 29.3 Å². The van der Waals surface area contributed by atoms with Gasteiger partial charge < -0.3 is 19.7 Å². The summed E-state index contributed by atoms with van der Waals surface area (Å²) in [4.78, 5) is 27.3. The van der Waals surface area contributed by atoms with E-state index in [4.69, 9.17) is 32.7 Å². The summed E-state index contributed by atoms with van der Waals surface area (Å²) in [5, 5.41) is 3.78. The fourth-order valence-corrected chi connectivity index (χ4v) is 3.76. The van der Waals surface area contributed by atoms with E-state index in [-0.39, 0.29) is 17.9 Å². The first kappa shape index (κ1) is 21.3. The summed E-state index contributed by atoms with van der Waals surface area (Å²) in [6, 6.07) is 9.97. The average molecular weight is 437 g/mol. The Morgan fingerprint density at radius 1 is 1.03 bits per heavy atom. The number of amides is 2. The van der Waals surface area contributed by atoms with E-state index in [1.54, 1.807) is 41.3 Å². The van der Waals surface area contributed by atoms with Gasteiger partial charge in [0, 0.05) is 24.2 Å². The number of benzene rings is 2. The molecular formula is C21H22Cl2N2O4. The van der Waals surface area contributed by atoms with E-state index >= 15 is 0 Å². The Morgan fingerprint density at radius 3 is 2.24 bits per heavy atom. The average Bonchev–Trinajstić information content (AvgIpc) is 2.74. The first-order chi connectivity index (χ1) is 13.9. The lowest BCUT2D eigenvalue weighted by molar-refractivity contribution is 0.0691. The van der Waals surface area contributed by atoms with Gasteiger partial charge in [0.15, 0.2) is 0 Å². The number of piperidine rings is 1. The minimum absolute atomic E-state index is 0.0545. The van der Waals surface area contributed by atoms with Crippen molar-refractivity contribution < 1.29 is 19.1 Å². The number of halogens is 2. The Morgan fingerprint density at radius 2 is 1.66 bits per heavy atom. The Balaban J connectivity index is 1.64. The molecule has 0 atom stereocenters.